The van der Waals surface area contributed by atoms with Gasteiger partial charge in [-0.05, 0) is 31.2 Å². The van der Waals surface area contributed by atoms with Crippen LogP contribution in [0, 0.1) is 0 Å². The van der Waals surface area contributed by atoms with Crippen LogP contribution in [0.15, 0.2) is 5.11 Å². The van der Waals surface area contributed by atoms with Gasteiger partial charge in [-0.3, -0.25) is 4.79 Å². The Labute approximate surface area is 87.6 Å². The Hall–Kier alpha value is -1.26. The quantitative estimate of drug-likeness (QED) is 0.320. The largest absolute Gasteiger partial charge is 0.468 e. The van der Waals surface area contributed by atoms with Crippen molar-refractivity contribution in [2.24, 2.45) is 5.11 Å². The number of fused-ring (bicyclic) bond motifs is 2. The van der Waals surface area contributed by atoms with Crippen LogP contribution in [-0.2, 0) is 9.53 Å². The van der Waals surface area contributed by atoms with E-state index in [1.54, 1.807) is 0 Å². The molecular weight excluding hydrogens is 196 g/mol. The van der Waals surface area contributed by atoms with Crippen LogP contribution in [0.5, 0.6) is 0 Å². The molecular formula is C9H14N4O2. The summed E-state index contributed by atoms with van der Waals surface area (Å²) < 4.78 is 4.74. The summed E-state index contributed by atoms with van der Waals surface area (Å²) in [5.74, 6) is -0.404. The van der Waals surface area contributed by atoms with Gasteiger partial charge < -0.3 is 10.1 Å². The van der Waals surface area contributed by atoms with E-state index in [4.69, 9.17) is 10.3 Å². The second kappa shape index (κ2) is 3.72. The fourth-order valence-corrected chi connectivity index (χ4v) is 2.69. The predicted molar refractivity (Wildman–Crippen MR) is 53.1 cm³/mol. The highest BCUT2D eigenvalue weighted by Crippen LogP contribution is 2.37. The van der Waals surface area contributed by atoms with Crippen molar-refractivity contribution in [3.8, 4) is 0 Å². The highest BCUT2D eigenvalue weighted by Gasteiger charge is 2.49. The van der Waals surface area contributed by atoms with Gasteiger partial charge in [-0.2, -0.15) is 0 Å². The van der Waals surface area contributed by atoms with Crippen molar-refractivity contribution >= 4 is 5.97 Å². The van der Waals surface area contributed by atoms with Crippen molar-refractivity contribution in [3.63, 3.8) is 0 Å². The average Bonchev–Trinajstić information content (AvgIpc) is 2.58. The molecule has 0 spiro atoms. The molecule has 2 rings (SSSR count). The number of carbonyl (C=O) groups is 1. The van der Waals surface area contributed by atoms with Crippen molar-refractivity contribution in [1.29, 1.82) is 0 Å². The van der Waals surface area contributed by atoms with Crippen LogP contribution in [0.1, 0.15) is 25.7 Å². The molecule has 2 atom stereocenters. The minimum Gasteiger partial charge on any atom is -0.468 e. The minimum absolute atomic E-state index is 0.286. The summed E-state index contributed by atoms with van der Waals surface area (Å²) in [5.41, 5.74) is 7.58. The van der Waals surface area contributed by atoms with Crippen LogP contribution in [0.4, 0.5) is 0 Å². The number of ether oxygens (including phenoxy) is 1. The molecule has 2 unspecified atom stereocenters. The first-order valence-corrected chi connectivity index (χ1v) is 5.11. The minimum atomic E-state index is -0.972. The molecule has 2 aliphatic heterocycles. The van der Waals surface area contributed by atoms with Gasteiger partial charge in [0.25, 0.3) is 0 Å². The maximum atomic E-state index is 11.7. The summed E-state index contributed by atoms with van der Waals surface area (Å²) in [6, 6.07) is 0.571. The first kappa shape index (κ1) is 10.3. The Morgan fingerprint density at radius 2 is 2.13 bits per heavy atom. The molecule has 0 aromatic carbocycles. The highest BCUT2D eigenvalue weighted by molar-refractivity contribution is 5.81. The third-order valence-electron chi connectivity index (χ3n) is 3.30. The lowest BCUT2D eigenvalue weighted by Crippen LogP contribution is -2.52. The first-order valence-electron chi connectivity index (χ1n) is 5.11. The Bertz CT molecular complexity index is 312. The molecule has 2 aliphatic rings. The molecule has 2 fully saturated rings. The van der Waals surface area contributed by atoms with Gasteiger partial charge >= 0.3 is 5.97 Å². The lowest BCUT2D eigenvalue weighted by atomic mass is 9.85. The lowest BCUT2D eigenvalue weighted by Gasteiger charge is -2.35. The summed E-state index contributed by atoms with van der Waals surface area (Å²) in [4.78, 5) is 14.5. The molecule has 82 valence electrons. The highest BCUT2D eigenvalue weighted by atomic mass is 16.5. The molecule has 2 bridgehead atoms. The van der Waals surface area contributed by atoms with Crippen molar-refractivity contribution in [1.82, 2.24) is 5.32 Å². The van der Waals surface area contributed by atoms with E-state index in [-0.39, 0.29) is 12.1 Å². The molecule has 0 radical (unpaired) electrons. The Morgan fingerprint density at radius 1 is 1.53 bits per heavy atom. The molecule has 1 N–H and O–H groups in total. The van der Waals surface area contributed by atoms with E-state index in [1.165, 1.54) is 7.11 Å². The zero-order chi connectivity index (χ0) is 10.9. The number of hydrogen-bond donors (Lipinski definition) is 1. The smallest absolute Gasteiger partial charge is 0.317 e. The molecule has 0 aliphatic carbocycles. The molecule has 0 aromatic heterocycles. The third kappa shape index (κ3) is 1.66. The fourth-order valence-electron chi connectivity index (χ4n) is 2.69. The van der Waals surface area contributed by atoms with E-state index in [2.05, 4.69) is 15.3 Å². The number of carbonyl (C=O) groups excluding carboxylic acids is 1. The zero-order valence-corrected chi connectivity index (χ0v) is 8.64. The van der Waals surface area contributed by atoms with Gasteiger partial charge in [0.15, 0.2) is 0 Å². The van der Waals surface area contributed by atoms with Crippen LogP contribution in [-0.4, -0.2) is 30.7 Å². The molecule has 2 saturated heterocycles. The monoisotopic (exact) mass is 210 g/mol. The van der Waals surface area contributed by atoms with E-state index in [0.717, 1.165) is 12.8 Å². The molecule has 15 heavy (non-hydrogen) atoms. The van der Waals surface area contributed by atoms with Gasteiger partial charge in [0, 0.05) is 17.0 Å². The number of nitrogens with one attached hydrogen (secondary N) is 1. The normalized spacial score (nSPS) is 38.2. The van der Waals surface area contributed by atoms with Crippen LogP contribution in [0.25, 0.3) is 10.4 Å². The third-order valence-corrected chi connectivity index (χ3v) is 3.30. The van der Waals surface area contributed by atoms with Gasteiger partial charge in [0.05, 0.1) is 7.11 Å². The molecule has 6 nitrogen and oxygen atoms in total. The Kier molecular flexibility index (Phi) is 2.54. The van der Waals surface area contributed by atoms with Crippen LogP contribution >= 0.6 is 0 Å². The number of methoxy groups -OCH3 is 1. The summed E-state index contributed by atoms with van der Waals surface area (Å²) in [6.07, 6.45) is 3.20. The maximum absolute atomic E-state index is 11.7. The topological polar surface area (TPSA) is 87.1 Å². The summed E-state index contributed by atoms with van der Waals surface area (Å²) in [5, 5.41) is 7.08. The average molecular weight is 210 g/mol. The van der Waals surface area contributed by atoms with Gasteiger partial charge in [-0.15, -0.1) is 0 Å². The van der Waals surface area contributed by atoms with E-state index >= 15 is 0 Å². The Morgan fingerprint density at radius 3 is 2.60 bits per heavy atom. The van der Waals surface area contributed by atoms with Gasteiger partial charge in [-0.1, -0.05) is 5.11 Å². The van der Waals surface area contributed by atoms with Crippen molar-refractivity contribution < 1.29 is 9.53 Å². The van der Waals surface area contributed by atoms with Gasteiger partial charge in [0.2, 0.25) is 0 Å². The standard InChI is InChI=1S/C9H14N4O2/c1-15-8(14)9(12-13-10)4-6-2-3-7(5-9)11-6/h6-7,11H,2-5H2,1H3. The summed E-state index contributed by atoms with van der Waals surface area (Å²) in [6.45, 7) is 0. The van der Waals surface area contributed by atoms with Crippen LogP contribution in [0.2, 0.25) is 0 Å². The second-order valence-electron chi connectivity index (χ2n) is 4.26. The van der Waals surface area contributed by atoms with Crippen molar-refractivity contribution in [2.75, 3.05) is 7.11 Å². The van der Waals surface area contributed by atoms with Crippen molar-refractivity contribution in [2.45, 2.75) is 43.3 Å². The molecule has 0 aromatic rings. The van der Waals surface area contributed by atoms with E-state index in [0.29, 0.717) is 12.8 Å². The molecule has 6 heteroatoms. The maximum Gasteiger partial charge on any atom is 0.317 e. The summed E-state index contributed by atoms with van der Waals surface area (Å²) in [7, 11) is 1.33. The van der Waals surface area contributed by atoms with Crippen LogP contribution < -0.4 is 5.32 Å². The number of azide groups is 1. The van der Waals surface area contributed by atoms with Gasteiger partial charge in [-0.25, -0.2) is 0 Å². The molecule has 2 heterocycles. The number of esters is 1. The predicted octanol–water partition coefficient (Wildman–Crippen LogP) is 1.12. The SMILES string of the molecule is COC(=O)C1(N=[N+]=[N-])CC2CCC(C1)N2. The van der Waals surface area contributed by atoms with Gasteiger partial charge in [0.1, 0.15) is 5.54 Å². The molecule has 0 amide bonds. The Balaban J connectivity index is 2.27. The second-order valence-corrected chi connectivity index (χ2v) is 4.26. The number of hydrogen-bond acceptors (Lipinski definition) is 4. The van der Waals surface area contributed by atoms with E-state index < -0.39 is 11.5 Å². The zero-order valence-electron chi connectivity index (χ0n) is 8.64. The van der Waals surface area contributed by atoms with E-state index in [9.17, 15) is 4.79 Å². The number of piperidine rings is 1. The number of nitrogens with zero attached hydrogens (tertiary/aromatic N) is 3. The fraction of sp³-hybridized carbons (Fsp3) is 0.889. The van der Waals surface area contributed by atoms with E-state index in [1.807, 2.05) is 0 Å². The first-order chi connectivity index (χ1) is 7.20. The van der Waals surface area contributed by atoms with Crippen molar-refractivity contribution in [3.05, 3.63) is 10.4 Å². The summed E-state index contributed by atoms with van der Waals surface area (Å²) >= 11 is 0. The lowest BCUT2D eigenvalue weighted by molar-refractivity contribution is -0.148. The number of rotatable bonds is 2. The van der Waals surface area contributed by atoms with Crippen LogP contribution in [0.3, 0.4) is 0 Å². The molecule has 0 saturated carbocycles.